The summed E-state index contributed by atoms with van der Waals surface area (Å²) in [6.45, 7) is 5.92. The van der Waals surface area contributed by atoms with Gasteiger partial charge in [0.1, 0.15) is 5.82 Å². The molecule has 1 unspecified atom stereocenters. The van der Waals surface area contributed by atoms with Crippen LogP contribution in [0.4, 0.5) is 5.82 Å². The summed E-state index contributed by atoms with van der Waals surface area (Å²) in [6.07, 6.45) is 2.93. The number of hydrogen-bond donors (Lipinski definition) is 2. The first-order valence-electron chi connectivity index (χ1n) is 11.0. The number of benzene rings is 1. The van der Waals surface area contributed by atoms with Crippen LogP contribution in [-0.4, -0.2) is 75.2 Å². The Balaban J connectivity index is 0.00000385. The van der Waals surface area contributed by atoms with Crippen molar-refractivity contribution in [1.29, 1.82) is 0 Å². The van der Waals surface area contributed by atoms with E-state index < -0.39 is 0 Å². The van der Waals surface area contributed by atoms with Gasteiger partial charge in [-0.05, 0) is 42.7 Å². The molecule has 1 aromatic heterocycles. The van der Waals surface area contributed by atoms with Crippen molar-refractivity contribution in [3.8, 4) is 0 Å². The minimum atomic E-state index is 0. The fraction of sp³-hybridized carbons (Fsp3) is 0.458. The lowest BCUT2D eigenvalue weighted by atomic mass is 10.1. The Labute approximate surface area is 213 Å². The molecule has 0 bridgehead atoms. The van der Waals surface area contributed by atoms with Gasteiger partial charge in [0.25, 0.3) is 5.91 Å². The van der Waals surface area contributed by atoms with Crippen LogP contribution in [0.25, 0.3) is 0 Å². The van der Waals surface area contributed by atoms with Crippen molar-refractivity contribution < 1.29 is 9.53 Å². The zero-order chi connectivity index (χ0) is 22.9. The number of aliphatic imine (C=N–C) groups is 1. The van der Waals surface area contributed by atoms with E-state index in [9.17, 15) is 4.79 Å². The van der Waals surface area contributed by atoms with Crippen molar-refractivity contribution >= 4 is 41.7 Å². The van der Waals surface area contributed by atoms with Crippen LogP contribution in [0.1, 0.15) is 28.4 Å². The molecule has 2 N–H and O–H groups in total. The first kappa shape index (κ1) is 26.8. The number of halogens is 1. The Morgan fingerprint density at radius 1 is 1.24 bits per heavy atom. The number of nitrogens with zero attached hydrogens (tertiary/aromatic N) is 4. The van der Waals surface area contributed by atoms with Crippen LogP contribution in [0.2, 0.25) is 0 Å². The fourth-order valence-corrected chi connectivity index (χ4v) is 3.58. The topological polar surface area (TPSA) is 82.1 Å². The molecule has 1 atom stereocenters. The zero-order valence-corrected chi connectivity index (χ0v) is 22.2. The third-order valence-electron chi connectivity index (χ3n) is 5.34. The molecule has 0 saturated carbocycles. The Morgan fingerprint density at radius 2 is 2.06 bits per heavy atom. The van der Waals surface area contributed by atoms with Crippen molar-refractivity contribution in [3.05, 3.63) is 59.3 Å². The van der Waals surface area contributed by atoms with Crippen LogP contribution in [0.3, 0.4) is 0 Å². The summed E-state index contributed by atoms with van der Waals surface area (Å²) in [6, 6.07) is 11.9. The number of morpholine rings is 1. The van der Waals surface area contributed by atoms with E-state index in [0.717, 1.165) is 49.0 Å². The molecule has 0 aliphatic carbocycles. The molecule has 1 saturated heterocycles. The van der Waals surface area contributed by atoms with Crippen molar-refractivity contribution in [1.82, 2.24) is 20.5 Å². The smallest absolute Gasteiger partial charge is 0.253 e. The maximum absolute atomic E-state index is 12.1. The molecule has 3 rings (SSSR count). The first-order chi connectivity index (χ1) is 15.5. The number of pyridine rings is 1. The van der Waals surface area contributed by atoms with E-state index in [-0.39, 0.29) is 36.0 Å². The summed E-state index contributed by atoms with van der Waals surface area (Å²) in [5.74, 6) is 1.73. The Morgan fingerprint density at radius 3 is 2.73 bits per heavy atom. The highest BCUT2D eigenvalue weighted by Crippen LogP contribution is 2.15. The maximum atomic E-state index is 12.1. The zero-order valence-electron chi connectivity index (χ0n) is 19.9. The third kappa shape index (κ3) is 8.15. The van der Waals surface area contributed by atoms with Crippen LogP contribution in [0.5, 0.6) is 0 Å². The second kappa shape index (κ2) is 13.3. The highest BCUT2D eigenvalue weighted by molar-refractivity contribution is 14.0. The van der Waals surface area contributed by atoms with Gasteiger partial charge in [0.05, 0.1) is 12.7 Å². The molecular weight excluding hydrogens is 531 g/mol. The van der Waals surface area contributed by atoms with Crippen molar-refractivity contribution in [3.63, 3.8) is 0 Å². The molecule has 1 aliphatic rings. The predicted molar refractivity (Wildman–Crippen MR) is 144 cm³/mol. The molecule has 33 heavy (non-hydrogen) atoms. The highest BCUT2D eigenvalue weighted by atomic mass is 127. The maximum Gasteiger partial charge on any atom is 0.253 e. The lowest BCUT2D eigenvalue weighted by molar-refractivity contribution is 0.0529. The lowest BCUT2D eigenvalue weighted by Crippen LogP contribution is -2.41. The van der Waals surface area contributed by atoms with E-state index in [0.29, 0.717) is 18.7 Å². The SMILES string of the molecule is CN=C(NCCc1cccc(C(=O)N(C)C)c1)NCc1ccc(N2CCOC(C)C2)nc1.I. The molecule has 180 valence electrons. The molecular formula is C24H35IN6O2. The average Bonchev–Trinajstić information content (AvgIpc) is 2.81. The largest absolute Gasteiger partial charge is 0.375 e. The van der Waals surface area contributed by atoms with Crippen molar-refractivity contribution in [2.45, 2.75) is 26.0 Å². The number of amides is 1. The van der Waals surface area contributed by atoms with Gasteiger partial charge in [-0.1, -0.05) is 18.2 Å². The number of aromatic nitrogens is 1. The minimum absolute atomic E-state index is 0. The van der Waals surface area contributed by atoms with E-state index in [1.54, 1.807) is 26.0 Å². The number of guanidine groups is 1. The van der Waals surface area contributed by atoms with Gasteiger partial charge < -0.3 is 25.2 Å². The van der Waals surface area contributed by atoms with Crippen LogP contribution in [0, 0.1) is 0 Å². The average molecular weight is 566 g/mol. The van der Waals surface area contributed by atoms with Gasteiger partial charge in [-0.15, -0.1) is 24.0 Å². The van der Waals surface area contributed by atoms with Crippen molar-refractivity contribution in [2.75, 3.05) is 52.3 Å². The van der Waals surface area contributed by atoms with Gasteiger partial charge in [-0.25, -0.2) is 4.98 Å². The molecule has 0 spiro atoms. The van der Waals surface area contributed by atoms with E-state index in [4.69, 9.17) is 4.74 Å². The number of carbonyl (C=O) groups excluding carboxylic acids is 1. The summed E-state index contributed by atoms with van der Waals surface area (Å²) < 4.78 is 5.60. The van der Waals surface area contributed by atoms with Crippen LogP contribution < -0.4 is 15.5 Å². The molecule has 1 aliphatic heterocycles. The van der Waals surface area contributed by atoms with E-state index in [1.807, 2.05) is 30.5 Å². The number of nitrogens with one attached hydrogen (secondary N) is 2. The van der Waals surface area contributed by atoms with Crippen molar-refractivity contribution in [2.24, 2.45) is 4.99 Å². The number of carbonyl (C=O) groups is 1. The van der Waals surface area contributed by atoms with Crippen LogP contribution in [0.15, 0.2) is 47.6 Å². The van der Waals surface area contributed by atoms with Gasteiger partial charge in [-0.3, -0.25) is 9.79 Å². The molecule has 2 heterocycles. The summed E-state index contributed by atoms with van der Waals surface area (Å²) in [5.41, 5.74) is 2.91. The number of anilines is 1. The molecule has 9 heteroatoms. The summed E-state index contributed by atoms with van der Waals surface area (Å²) in [5, 5.41) is 6.66. The molecule has 1 aromatic carbocycles. The minimum Gasteiger partial charge on any atom is -0.375 e. The van der Waals surface area contributed by atoms with E-state index in [1.165, 1.54) is 0 Å². The third-order valence-corrected chi connectivity index (χ3v) is 5.34. The second-order valence-electron chi connectivity index (χ2n) is 8.15. The Kier molecular flexibility index (Phi) is 10.9. The monoisotopic (exact) mass is 566 g/mol. The lowest BCUT2D eigenvalue weighted by Gasteiger charge is -2.32. The number of ether oxygens (including phenoxy) is 1. The summed E-state index contributed by atoms with van der Waals surface area (Å²) in [4.78, 5) is 24.9. The fourth-order valence-electron chi connectivity index (χ4n) is 3.58. The van der Waals surface area contributed by atoms with E-state index in [2.05, 4.69) is 44.6 Å². The summed E-state index contributed by atoms with van der Waals surface area (Å²) in [7, 11) is 5.28. The van der Waals surface area contributed by atoms with Gasteiger partial charge in [0.2, 0.25) is 0 Å². The van der Waals surface area contributed by atoms with Gasteiger partial charge in [0.15, 0.2) is 5.96 Å². The van der Waals surface area contributed by atoms with Gasteiger partial charge in [0, 0.05) is 59.1 Å². The Bertz CT molecular complexity index is 919. The van der Waals surface area contributed by atoms with E-state index >= 15 is 0 Å². The highest BCUT2D eigenvalue weighted by Gasteiger charge is 2.17. The summed E-state index contributed by atoms with van der Waals surface area (Å²) >= 11 is 0. The second-order valence-corrected chi connectivity index (χ2v) is 8.15. The number of rotatable bonds is 7. The quantitative estimate of drug-likeness (QED) is 0.305. The molecule has 0 radical (unpaired) electrons. The number of hydrogen-bond acceptors (Lipinski definition) is 5. The van der Waals surface area contributed by atoms with Gasteiger partial charge in [-0.2, -0.15) is 0 Å². The van der Waals surface area contributed by atoms with Gasteiger partial charge >= 0.3 is 0 Å². The molecule has 2 aromatic rings. The molecule has 8 nitrogen and oxygen atoms in total. The Hall–Kier alpha value is -2.40. The van der Waals surface area contributed by atoms with Crippen LogP contribution in [-0.2, 0) is 17.7 Å². The predicted octanol–water partition coefficient (Wildman–Crippen LogP) is 2.53. The first-order valence-corrected chi connectivity index (χ1v) is 11.0. The standard InChI is InChI=1S/C24H34N6O2.HI/c1-18-17-30(12-13-32-18)22-9-8-20(15-27-22)16-28-24(25-2)26-11-10-19-6-5-7-21(14-19)23(31)29(3)4;/h5-9,14-15,18H,10-13,16-17H2,1-4H3,(H2,25,26,28);1H. The molecule has 1 fully saturated rings. The normalized spacial score (nSPS) is 16.1. The van der Waals surface area contributed by atoms with Crippen LogP contribution >= 0.6 is 24.0 Å². The molecule has 1 amide bonds.